The van der Waals surface area contributed by atoms with Gasteiger partial charge >= 0.3 is 6.61 Å². The number of piperidine rings is 1. The number of halogens is 2. The van der Waals surface area contributed by atoms with E-state index in [1.165, 1.54) is 6.07 Å². The van der Waals surface area contributed by atoms with Crippen molar-refractivity contribution in [3.63, 3.8) is 0 Å². The molecule has 2 unspecified atom stereocenters. The third-order valence-electron chi connectivity index (χ3n) is 7.32. The fourth-order valence-electron chi connectivity index (χ4n) is 5.56. The number of aromatic nitrogens is 4. The molecule has 2 atom stereocenters. The first-order chi connectivity index (χ1) is 17.9. The molecule has 2 aliphatic heterocycles. The van der Waals surface area contributed by atoms with Gasteiger partial charge in [-0.15, -0.1) is 0 Å². The molecule has 37 heavy (non-hydrogen) atoms. The molecule has 4 aromatic rings. The van der Waals surface area contributed by atoms with Crippen molar-refractivity contribution in [2.24, 2.45) is 5.73 Å². The standard InChI is InChI=1S/C26H29F2N7O2/c1-15-13-35-23(31-24(15)33-10-8-16(29)14-33)12-19(32-35)21-6-2-3-9-34(21)25(36)20-11-17-18(30-20)5-4-7-22(17)37-26(27)28/h4-5,7,11-13,16,21,26,30H,2-3,6,8-10,14,29H2,1H3. The third kappa shape index (κ3) is 4.37. The highest BCUT2D eigenvalue weighted by Gasteiger charge is 2.32. The first-order valence-electron chi connectivity index (χ1n) is 12.6. The predicted octanol–water partition coefficient (Wildman–Crippen LogP) is 4.03. The number of benzene rings is 1. The van der Waals surface area contributed by atoms with Crippen molar-refractivity contribution in [1.82, 2.24) is 24.5 Å². The highest BCUT2D eigenvalue weighted by Crippen LogP contribution is 2.34. The molecule has 0 bridgehead atoms. The molecular weight excluding hydrogens is 480 g/mol. The molecule has 5 heterocycles. The van der Waals surface area contributed by atoms with Crippen LogP contribution in [-0.4, -0.2) is 62.7 Å². The summed E-state index contributed by atoms with van der Waals surface area (Å²) in [5.74, 6) is 0.759. The molecule has 1 amide bonds. The van der Waals surface area contributed by atoms with Crippen LogP contribution in [0.2, 0.25) is 0 Å². The second kappa shape index (κ2) is 9.29. The van der Waals surface area contributed by atoms with E-state index in [-0.39, 0.29) is 23.7 Å². The summed E-state index contributed by atoms with van der Waals surface area (Å²) in [5, 5.41) is 5.24. The lowest BCUT2D eigenvalue weighted by atomic mass is 9.99. The van der Waals surface area contributed by atoms with Crippen LogP contribution >= 0.6 is 0 Å². The van der Waals surface area contributed by atoms with Crippen LogP contribution < -0.4 is 15.4 Å². The van der Waals surface area contributed by atoms with Crippen LogP contribution in [0.15, 0.2) is 36.5 Å². The van der Waals surface area contributed by atoms with Crippen molar-refractivity contribution < 1.29 is 18.3 Å². The molecule has 3 N–H and O–H groups in total. The number of aromatic amines is 1. The van der Waals surface area contributed by atoms with E-state index < -0.39 is 6.61 Å². The maximum atomic E-state index is 13.7. The van der Waals surface area contributed by atoms with Gasteiger partial charge in [0.05, 0.1) is 11.7 Å². The Bertz CT molecular complexity index is 1470. The summed E-state index contributed by atoms with van der Waals surface area (Å²) in [7, 11) is 0. The van der Waals surface area contributed by atoms with E-state index in [4.69, 9.17) is 15.8 Å². The Morgan fingerprint density at radius 1 is 1.22 bits per heavy atom. The van der Waals surface area contributed by atoms with E-state index in [9.17, 15) is 13.6 Å². The highest BCUT2D eigenvalue weighted by molar-refractivity contribution is 6.00. The number of nitrogens with zero attached hydrogens (tertiary/aromatic N) is 5. The van der Waals surface area contributed by atoms with E-state index in [1.54, 1.807) is 22.7 Å². The fraction of sp³-hybridized carbons (Fsp3) is 0.423. The van der Waals surface area contributed by atoms with Crippen LogP contribution in [0.1, 0.15) is 53.5 Å². The molecular formula is C26H29F2N7O2. The number of ether oxygens (including phenoxy) is 1. The normalized spacial score (nSPS) is 20.5. The van der Waals surface area contributed by atoms with E-state index in [0.717, 1.165) is 61.5 Å². The molecule has 2 aliphatic rings. The number of anilines is 1. The lowest BCUT2D eigenvalue weighted by Gasteiger charge is -2.34. The summed E-state index contributed by atoms with van der Waals surface area (Å²) in [5.41, 5.74) is 9.54. The molecule has 2 saturated heterocycles. The molecule has 3 aromatic heterocycles. The quantitative estimate of drug-likeness (QED) is 0.421. The number of likely N-dealkylation sites (tertiary alicyclic amines) is 1. The summed E-state index contributed by atoms with van der Waals surface area (Å²) < 4.78 is 32.1. The Morgan fingerprint density at radius 2 is 2.08 bits per heavy atom. The molecule has 11 heteroatoms. The van der Waals surface area contributed by atoms with Crippen molar-refractivity contribution in [3.8, 4) is 5.75 Å². The number of amides is 1. The van der Waals surface area contributed by atoms with Crippen molar-refractivity contribution in [1.29, 1.82) is 0 Å². The SMILES string of the molecule is Cc1cn2nc(C3CCCCN3C(=O)c3cc4c(OC(F)F)cccc4[nH]3)cc2nc1N1CCC(N)C1. The van der Waals surface area contributed by atoms with Crippen molar-refractivity contribution in [2.45, 2.75) is 51.3 Å². The maximum absolute atomic E-state index is 13.7. The lowest BCUT2D eigenvalue weighted by Crippen LogP contribution is -2.38. The second-order valence-electron chi connectivity index (χ2n) is 9.90. The highest BCUT2D eigenvalue weighted by atomic mass is 19.3. The van der Waals surface area contributed by atoms with Crippen LogP contribution in [-0.2, 0) is 0 Å². The summed E-state index contributed by atoms with van der Waals surface area (Å²) in [4.78, 5) is 25.6. The van der Waals surface area contributed by atoms with Gasteiger partial charge in [0.25, 0.3) is 5.91 Å². The Kier molecular flexibility index (Phi) is 5.94. The van der Waals surface area contributed by atoms with E-state index in [0.29, 0.717) is 23.1 Å². The van der Waals surface area contributed by atoms with Gasteiger partial charge in [-0.3, -0.25) is 4.79 Å². The summed E-state index contributed by atoms with van der Waals surface area (Å²) in [6.45, 7) is 1.32. The second-order valence-corrected chi connectivity index (χ2v) is 9.90. The van der Waals surface area contributed by atoms with Crippen LogP contribution in [0.3, 0.4) is 0 Å². The molecule has 0 saturated carbocycles. The first kappa shape index (κ1) is 23.7. The van der Waals surface area contributed by atoms with Gasteiger partial charge in [-0.25, -0.2) is 9.50 Å². The summed E-state index contributed by atoms with van der Waals surface area (Å²) >= 11 is 0. The smallest absolute Gasteiger partial charge is 0.387 e. The molecule has 194 valence electrons. The lowest BCUT2D eigenvalue weighted by molar-refractivity contribution is -0.0487. The first-order valence-corrected chi connectivity index (χ1v) is 12.6. The molecule has 6 rings (SSSR count). The minimum atomic E-state index is -2.94. The van der Waals surface area contributed by atoms with E-state index in [2.05, 4.69) is 14.6 Å². The minimum Gasteiger partial charge on any atom is -0.434 e. The molecule has 0 spiro atoms. The topological polar surface area (TPSA) is 105 Å². The largest absolute Gasteiger partial charge is 0.434 e. The van der Waals surface area contributed by atoms with Gasteiger partial charge in [0.1, 0.15) is 17.3 Å². The number of carbonyl (C=O) groups excluding carboxylic acids is 1. The summed E-state index contributed by atoms with van der Waals surface area (Å²) in [6, 6.07) is 8.30. The molecule has 1 aromatic carbocycles. The number of alkyl halides is 2. The van der Waals surface area contributed by atoms with Gasteiger partial charge in [-0.2, -0.15) is 13.9 Å². The van der Waals surface area contributed by atoms with Crippen LogP contribution in [0, 0.1) is 6.92 Å². The van der Waals surface area contributed by atoms with E-state index in [1.807, 2.05) is 24.1 Å². The number of aryl methyl sites for hydroxylation is 1. The van der Waals surface area contributed by atoms with Gasteiger partial charge in [0, 0.05) is 54.4 Å². The number of rotatable bonds is 5. The fourth-order valence-corrected chi connectivity index (χ4v) is 5.56. The molecule has 0 radical (unpaired) electrons. The van der Waals surface area contributed by atoms with Crippen LogP contribution in [0.4, 0.5) is 14.6 Å². The maximum Gasteiger partial charge on any atom is 0.387 e. The number of H-pyrrole nitrogens is 1. The zero-order valence-electron chi connectivity index (χ0n) is 20.5. The number of carbonyl (C=O) groups is 1. The third-order valence-corrected chi connectivity index (χ3v) is 7.32. The number of nitrogens with one attached hydrogen (secondary N) is 1. The van der Waals surface area contributed by atoms with Crippen molar-refractivity contribution >= 4 is 28.3 Å². The Labute approximate surface area is 212 Å². The van der Waals surface area contributed by atoms with Gasteiger partial charge in [0.15, 0.2) is 5.65 Å². The molecule has 2 fully saturated rings. The zero-order valence-corrected chi connectivity index (χ0v) is 20.5. The Hall–Kier alpha value is -3.73. The predicted molar refractivity (Wildman–Crippen MR) is 135 cm³/mol. The van der Waals surface area contributed by atoms with Gasteiger partial charge in [-0.1, -0.05) is 6.07 Å². The number of hydrogen-bond acceptors (Lipinski definition) is 6. The zero-order chi connectivity index (χ0) is 25.7. The van der Waals surface area contributed by atoms with Gasteiger partial charge < -0.3 is 25.3 Å². The minimum absolute atomic E-state index is 0.0366. The molecule has 0 aliphatic carbocycles. The van der Waals surface area contributed by atoms with Crippen LogP contribution in [0.5, 0.6) is 5.75 Å². The number of fused-ring (bicyclic) bond motifs is 2. The Morgan fingerprint density at radius 3 is 2.86 bits per heavy atom. The van der Waals surface area contributed by atoms with Gasteiger partial charge in [-0.05, 0) is 50.8 Å². The van der Waals surface area contributed by atoms with Crippen molar-refractivity contribution in [3.05, 3.63) is 53.5 Å². The monoisotopic (exact) mass is 509 g/mol. The van der Waals surface area contributed by atoms with Gasteiger partial charge in [0.2, 0.25) is 0 Å². The molecule has 9 nitrogen and oxygen atoms in total. The van der Waals surface area contributed by atoms with Crippen LogP contribution in [0.25, 0.3) is 16.6 Å². The average Bonchev–Trinajstić information content (AvgIpc) is 3.61. The average molecular weight is 510 g/mol. The number of nitrogens with two attached hydrogens (primary N) is 1. The van der Waals surface area contributed by atoms with Crippen molar-refractivity contribution in [2.75, 3.05) is 24.5 Å². The number of hydrogen-bond donors (Lipinski definition) is 2. The summed E-state index contributed by atoms with van der Waals surface area (Å²) in [6.07, 6.45) is 5.56. The Balaban J connectivity index is 1.31. The van der Waals surface area contributed by atoms with E-state index >= 15 is 0 Å².